The van der Waals surface area contributed by atoms with Crippen LogP contribution in [0.1, 0.15) is 44.9 Å². The van der Waals surface area contributed by atoms with Crippen molar-refractivity contribution in [3.05, 3.63) is 21.3 Å². The van der Waals surface area contributed by atoms with Gasteiger partial charge in [-0.1, -0.05) is 31.9 Å². The molecule has 1 aromatic heterocycles. The van der Waals surface area contributed by atoms with Gasteiger partial charge in [-0.15, -0.1) is 11.3 Å². The zero-order valence-electron chi connectivity index (χ0n) is 13.4. The van der Waals surface area contributed by atoms with Crippen LogP contribution in [0.3, 0.4) is 0 Å². The number of hydrogen-bond donors (Lipinski definition) is 1. The first-order valence-corrected chi connectivity index (χ1v) is 9.45. The van der Waals surface area contributed by atoms with E-state index in [0.29, 0.717) is 11.6 Å². The Bertz CT molecular complexity index is 485. The van der Waals surface area contributed by atoms with Gasteiger partial charge in [0.05, 0.1) is 4.34 Å². The third-order valence-electron chi connectivity index (χ3n) is 5.62. The van der Waals surface area contributed by atoms with Crippen molar-refractivity contribution in [1.29, 1.82) is 0 Å². The topological polar surface area (TPSA) is 15.3 Å². The molecular formula is C17H27ClN2S. The summed E-state index contributed by atoms with van der Waals surface area (Å²) in [5.41, 5.74) is 0.320. The second-order valence-electron chi connectivity index (χ2n) is 7.09. The van der Waals surface area contributed by atoms with Crippen LogP contribution in [0.15, 0.2) is 12.1 Å². The van der Waals surface area contributed by atoms with Crippen molar-refractivity contribution in [1.82, 2.24) is 10.2 Å². The molecule has 4 heteroatoms. The van der Waals surface area contributed by atoms with Gasteiger partial charge in [-0.3, -0.25) is 4.90 Å². The first-order chi connectivity index (χ1) is 10.0. The molecule has 1 N–H and O–H groups in total. The van der Waals surface area contributed by atoms with Crippen LogP contribution in [0.25, 0.3) is 0 Å². The van der Waals surface area contributed by atoms with Crippen LogP contribution in [-0.4, -0.2) is 29.6 Å². The second-order valence-corrected chi connectivity index (χ2v) is 8.89. The van der Waals surface area contributed by atoms with Gasteiger partial charge in [-0.2, -0.15) is 0 Å². The summed E-state index contributed by atoms with van der Waals surface area (Å²) in [6, 6.07) is 4.85. The Kier molecular flexibility index (Phi) is 4.66. The SMILES string of the molecule is CCC(C)C1CN(Cc2ccc(Cl)s2)C(C)(C2CC2)CN1. The number of nitrogens with one attached hydrogen (secondary N) is 1. The Morgan fingerprint density at radius 3 is 2.81 bits per heavy atom. The lowest BCUT2D eigenvalue weighted by Gasteiger charge is -2.50. The molecule has 0 amide bonds. The molecule has 21 heavy (non-hydrogen) atoms. The fourth-order valence-corrected chi connectivity index (χ4v) is 4.71. The number of thiophene rings is 1. The fraction of sp³-hybridized carbons (Fsp3) is 0.765. The van der Waals surface area contributed by atoms with Gasteiger partial charge >= 0.3 is 0 Å². The van der Waals surface area contributed by atoms with Gasteiger partial charge in [-0.25, -0.2) is 0 Å². The second kappa shape index (κ2) is 6.19. The van der Waals surface area contributed by atoms with E-state index >= 15 is 0 Å². The minimum atomic E-state index is 0.320. The van der Waals surface area contributed by atoms with E-state index in [9.17, 15) is 0 Å². The van der Waals surface area contributed by atoms with Crippen molar-refractivity contribution in [3.8, 4) is 0 Å². The first kappa shape index (κ1) is 15.8. The summed E-state index contributed by atoms with van der Waals surface area (Å²) in [5, 5.41) is 3.84. The molecule has 2 nitrogen and oxygen atoms in total. The van der Waals surface area contributed by atoms with E-state index in [2.05, 4.69) is 37.1 Å². The first-order valence-electron chi connectivity index (χ1n) is 8.25. The molecule has 2 fully saturated rings. The molecule has 118 valence electrons. The van der Waals surface area contributed by atoms with Crippen LogP contribution in [0.5, 0.6) is 0 Å². The van der Waals surface area contributed by atoms with E-state index in [1.165, 1.54) is 24.1 Å². The van der Waals surface area contributed by atoms with Crippen LogP contribution in [-0.2, 0) is 6.54 Å². The van der Waals surface area contributed by atoms with E-state index in [1.54, 1.807) is 11.3 Å². The number of piperazine rings is 1. The third kappa shape index (κ3) is 3.31. The van der Waals surface area contributed by atoms with Crippen molar-refractivity contribution in [2.24, 2.45) is 11.8 Å². The predicted molar refractivity (Wildman–Crippen MR) is 92.1 cm³/mol. The van der Waals surface area contributed by atoms with Crippen molar-refractivity contribution < 1.29 is 0 Å². The fourth-order valence-electron chi connectivity index (χ4n) is 3.60. The highest BCUT2D eigenvalue weighted by Crippen LogP contribution is 2.45. The average molecular weight is 327 g/mol. The Labute approximate surface area is 137 Å². The number of hydrogen-bond acceptors (Lipinski definition) is 3. The van der Waals surface area contributed by atoms with Gasteiger partial charge in [0.1, 0.15) is 0 Å². The Morgan fingerprint density at radius 1 is 1.48 bits per heavy atom. The van der Waals surface area contributed by atoms with Crippen LogP contribution >= 0.6 is 22.9 Å². The van der Waals surface area contributed by atoms with Crippen molar-refractivity contribution in [2.45, 2.75) is 58.2 Å². The monoisotopic (exact) mass is 326 g/mol. The number of rotatable bonds is 5. The Balaban J connectivity index is 1.76. The molecule has 3 rings (SSSR count). The maximum atomic E-state index is 6.11. The largest absolute Gasteiger partial charge is 0.311 e. The quantitative estimate of drug-likeness (QED) is 0.863. The van der Waals surface area contributed by atoms with Gasteiger partial charge in [-0.05, 0) is 43.7 Å². The van der Waals surface area contributed by atoms with Crippen LogP contribution < -0.4 is 5.32 Å². The summed E-state index contributed by atoms with van der Waals surface area (Å²) in [4.78, 5) is 4.14. The minimum Gasteiger partial charge on any atom is -0.311 e. The summed E-state index contributed by atoms with van der Waals surface area (Å²) >= 11 is 7.85. The van der Waals surface area contributed by atoms with E-state index in [-0.39, 0.29) is 0 Å². The van der Waals surface area contributed by atoms with Gasteiger partial charge in [0.25, 0.3) is 0 Å². The van der Waals surface area contributed by atoms with E-state index < -0.39 is 0 Å². The lowest BCUT2D eigenvalue weighted by Crippen LogP contribution is -2.65. The molecule has 3 atom stereocenters. The Hall–Kier alpha value is -0.0900. The summed E-state index contributed by atoms with van der Waals surface area (Å²) in [7, 11) is 0. The molecule has 3 unspecified atom stereocenters. The highest BCUT2D eigenvalue weighted by Gasteiger charge is 2.48. The summed E-state index contributed by atoms with van der Waals surface area (Å²) in [5.74, 6) is 1.61. The number of halogens is 1. The molecule has 2 heterocycles. The lowest BCUT2D eigenvalue weighted by molar-refractivity contribution is 0.0174. The maximum Gasteiger partial charge on any atom is 0.0931 e. The van der Waals surface area contributed by atoms with Gasteiger partial charge in [0, 0.05) is 36.1 Å². The number of nitrogens with zero attached hydrogens (tertiary/aromatic N) is 1. The Morgan fingerprint density at radius 2 is 2.24 bits per heavy atom. The molecule has 1 saturated heterocycles. The van der Waals surface area contributed by atoms with Gasteiger partial charge in [0.15, 0.2) is 0 Å². The molecule has 0 bridgehead atoms. The molecule has 0 aromatic carbocycles. The van der Waals surface area contributed by atoms with Crippen molar-refractivity contribution in [2.75, 3.05) is 13.1 Å². The molecule has 1 aliphatic carbocycles. The van der Waals surface area contributed by atoms with E-state index in [0.717, 1.165) is 35.8 Å². The molecule has 1 aromatic rings. The zero-order chi connectivity index (χ0) is 15.0. The third-order valence-corrected chi connectivity index (χ3v) is 6.84. The summed E-state index contributed by atoms with van der Waals surface area (Å²) in [6.45, 7) is 10.5. The molecule has 0 radical (unpaired) electrons. The van der Waals surface area contributed by atoms with E-state index in [4.69, 9.17) is 11.6 Å². The molecular weight excluding hydrogens is 300 g/mol. The van der Waals surface area contributed by atoms with Crippen molar-refractivity contribution in [3.63, 3.8) is 0 Å². The average Bonchev–Trinajstić information content (AvgIpc) is 3.25. The summed E-state index contributed by atoms with van der Waals surface area (Å²) in [6.07, 6.45) is 4.04. The normalized spacial score (nSPS) is 32.3. The van der Waals surface area contributed by atoms with Crippen LogP contribution in [0, 0.1) is 11.8 Å². The molecule has 2 aliphatic rings. The lowest BCUT2D eigenvalue weighted by atomic mass is 9.86. The zero-order valence-corrected chi connectivity index (χ0v) is 14.9. The molecule has 0 spiro atoms. The molecule has 1 aliphatic heterocycles. The smallest absolute Gasteiger partial charge is 0.0931 e. The predicted octanol–water partition coefficient (Wildman–Crippen LogP) is 4.39. The van der Waals surface area contributed by atoms with Gasteiger partial charge in [0.2, 0.25) is 0 Å². The highest BCUT2D eigenvalue weighted by molar-refractivity contribution is 7.16. The highest BCUT2D eigenvalue weighted by atomic mass is 35.5. The molecule has 1 saturated carbocycles. The van der Waals surface area contributed by atoms with Crippen LogP contribution in [0.2, 0.25) is 4.34 Å². The summed E-state index contributed by atoms with van der Waals surface area (Å²) < 4.78 is 0.909. The van der Waals surface area contributed by atoms with Crippen LogP contribution in [0.4, 0.5) is 0 Å². The standard InChI is InChI=1S/C17H27ClN2S/c1-4-12(2)15-10-20(9-14-7-8-16(18)21-14)17(3,11-19-15)13-5-6-13/h7-8,12-13,15,19H,4-6,9-11H2,1-3H3. The van der Waals surface area contributed by atoms with Gasteiger partial charge < -0.3 is 5.32 Å². The maximum absolute atomic E-state index is 6.11. The van der Waals surface area contributed by atoms with E-state index in [1.807, 2.05) is 6.07 Å². The minimum absolute atomic E-state index is 0.320. The van der Waals surface area contributed by atoms with Crippen molar-refractivity contribution >= 4 is 22.9 Å².